The van der Waals surface area contributed by atoms with E-state index in [1.54, 1.807) is 6.07 Å². The van der Waals surface area contributed by atoms with Gasteiger partial charge in [0.25, 0.3) is 0 Å². The number of hydrogen-bond donors (Lipinski definition) is 3. The average Bonchev–Trinajstić information content (AvgIpc) is 2.77. The Morgan fingerprint density at radius 2 is 1.71 bits per heavy atom. The van der Waals surface area contributed by atoms with Crippen LogP contribution in [0.5, 0.6) is 0 Å². The molecule has 0 unspecified atom stereocenters. The van der Waals surface area contributed by atoms with Crippen molar-refractivity contribution in [3.05, 3.63) is 24.3 Å². The number of amides is 4. The molecule has 4 amide bonds. The molecule has 5 fully saturated rings. The Hall–Kier alpha value is -2.41. The summed E-state index contributed by atoms with van der Waals surface area (Å²) in [7, 11) is 0. The Morgan fingerprint density at radius 1 is 1.00 bits per heavy atom. The first-order valence-corrected chi connectivity index (χ1v) is 13.2. The summed E-state index contributed by atoms with van der Waals surface area (Å²) in [4.78, 5) is 37.3. The maximum absolute atomic E-state index is 12.4. The van der Waals surface area contributed by atoms with Crippen molar-refractivity contribution >= 4 is 29.2 Å². The van der Waals surface area contributed by atoms with Crippen LogP contribution in [0, 0.1) is 17.8 Å². The molecule has 1 saturated heterocycles. The van der Waals surface area contributed by atoms with Gasteiger partial charge in [-0.1, -0.05) is 18.9 Å². The molecule has 1 aromatic rings. The highest BCUT2D eigenvalue weighted by atomic mass is 16.2. The molecule has 1 aromatic carbocycles. The van der Waals surface area contributed by atoms with Crippen molar-refractivity contribution in [3.8, 4) is 0 Å². The second kappa shape index (κ2) is 10.1. The van der Waals surface area contributed by atoms with Crippen molar-refractivity contribution in [2.24, 2.45) is 17.8 Å². The zero-order valence-corrected chi connectivity index (χ0v) is 20.1. The SMILES string of the molecule is O=C1CCN(c2cccc(NC(=O)CCCCCCNC34CC5CC(CC(C5)C3)C4)c2)C(=O)N1. The molecule has 184 valence electrons. The molecule has 4 bridgehead atoms. The van der Waals surface area contributed by atoms with Gasteiger partial charge in [-0.15, -0.1) is 0 Å². The number of rotatable bonds is 10. The minimum Gasteiger partial charge on any atom is -0.326 e. The summed E-state index contributed by atoms with van der Waals surface area (Å²) in [5.41, 5.74) is 1.80. The lowest BCUT2D eigenvalue weighted by Gasteiger charge is -2.57. The van der Waals surface area contributed by atoms with E-state index in [4.69, 9.17) is 0 Å². The Balaban J connectivity index is 0.978. The number of unbranched alkanes of at least 4 members (excludes halogenated alkanes) is 3. The molecule has 0 spiro atoms. The summed E-state index contributed by atoms with van der Waals surface area (Å²) < 4.78 is 0. The van der Waals surface area contributed by atoms with E-state index in [9.17, 15) is 14.4 Å². The molecule has 6 rings (SSSR count). The smallest absolute Gasteiger partial charge is 0.326 e. The van der Waals surface area contributed by atoms with Crippen molar-refractivity contribution in [1.82, 2.24) is 10.6 Å². The van der Waals surface area contributed by atoms with Crippen molar-refractivity contribution in [3.63, 3.8) is 0 Å². The molecule has 1 heterocycles. The molecule has 7 heteroatoms. The minimum absolute atomic E-state index is 0.00196. The maximum Gasteiger partial charge on any atom is 0.328 e. The molecule has 5 aliphatic rings. The van der Waals surface area contributed by atoms with Crippen LogP contribution in [0.2, 0.25) is 0 Å². The Bertz CT molecular complexity index is 895. The van der Waals surface area contributed by atoms with Gasteiger partial charge in [0, 0.05) is 36.3 Å². The van der Waals surface area contributed by atoms with Crippen LogP contribution in [-0.2, 0) is 9.59 Å². The maximum atomic E-state index is 12.4. The van der Waals surface area contributed by atoms with Crippen molar-refractivity contribution < 1.29 is 14.4 Å². The van der Waals surface area contributed by atoms with Gasteiger partial charge in [0.1, 0.15) is 0 Å². The first kappa shape index (κ1) is 23.3. The van der Waals surface area contributed by atoms with Crippen LogP contribution in [-0.4, -0.2) is 36.5 Å². The number of benzene rings is 1. The molecule has 0 atom stereocenters. The van der Waals surface area contributed by atoms with E-state index in [-0.39, 0.29) is 18.2 Å². The van der Waals surface area contributed by atoms with Crippen LogP contribution in [0.3, 0.4) is 0 Å². The topological polar surface area (TPSA) is 90.5 Å². The summed E-state index contributed by atoms with van der Waals surface area (Å²) in [6.07, 6.45) is 13.8. The second-order valence-corrected chi connectivity index (χ2v) is 11.1. The zero-order chi connectivity index (χ0) is 23.5. The van der Waals surface area contributed by atoms with Crippen LogP contribution in [0.4, 0.5) is 16.2 Å². The van der Waals surface area contributed by atoms with Crippen molar-refractivity contribution in [2.45, 2.75) is 82.6 Å². The highest BCUT2D eigenvalue weighted by molar-refractivity contribution is 6.05. The lowest BCUT2D eigenvalue weighted by molar-refractivity contribution is -0.120. The van der Waals surface area contributed by atoms with Crippen molar-refractivity contribution in [1.29, 1.82) is 0 Å². The average molecular weight is 467 g/mol. The van der Waals surface area contributed by atoms with Gasteiger partial charge in [-0.05, 0) is 93.9 Å². The number of imide groups is 1. The molecule has 34 heavy (non-hydrogen) atoms. The van der Waals surface area contributed by atoms with E-state index in [1.165, 1.54) is 49.8 Å². The highest BCUT2D eigenvalue weighted by Gasteiger charge is 2.50. The largest absolute Gasteiger partial charge is 0.328 e. The number of hydrogen-bond acceptors (Lipinski definition) is 4. The van der Waals surface area contributed by atoms with Crippen molar-refractivity contribution in [2.75, 3.05) is 23.3 Å². The first-order chi connectivity index (χ1) is 16.5. The van der Waals surface area contributed by atoms with Gasteiger partial charge in [0.15, 0.2) is 0 Å². The lowest BCUT2D eigenvalue weighted by Crippen LogP contribution is -2.58. The Morgan fingerprint density at radius 3 is 2.41 bits per heavy atom. The fraction of sp³-hybridized carbons (Fsp3) is 0.667. The van der Waals surface area contributed by atoms with E-state index in [2.05, 4.69) is 16.0 Å². The summed E-state index contributed by atoms with van der Waals surface area (Å²) >= 11 is 0. The fourth-order valence-electron chi connectivity index (χ4n) is 7.23. The number of nitrogens with one attached hydrogen (secondary N) is 3. The highest BCUT2D eigenvalue weighted by Crippen LogP contribution is 2.55. The van der Waals surface area contributed by atoms with Gasteiger partial charge in [-0.25, -0.2) is 4.79 Å². The Kier molecular flexibility index (Phi) is 6.91. The second-order valence-electron chi connectivity index (χ2n) is 11.1. The molecule has 4 aliphatic carbocycles. The molecular formula is C27H38N4O3. The molecule has 7 nitrogen and oxygen atoms in total. The third-order valence-electron chi connectivity index (χ3n) is 8.36. The van der Waals surface area contributed by atoms with E-state index >= 15 is 0 Å². The summed E-state index contributed by atoms with van der Waals surface area (Å²) in [5.74, 6) is 2.70. The molecule has 3 N–H and O–H groups in total. The number of anilines is 2. The number of urea groups is 1. The summed E-state index contributed by atoms with van der Waals surface area (Å²) in [5, 5.41) is 9.24. The monoisotopic (exact) mass is 466 g/mol. The van der Waals surface area contributed by atoms with Gasteiger partial charge >= 0.3 is 6.03 Å². The number of carbonyl (C=O) groups excluding carboxylic acids is 3. The van der Waals surface area contributed by atoms with Gasteiger partial charge in [0.05, 0.1) is 0 Å². The normalized spacial score (nSPS) is 29.9. The van der Waals surface area contributed by atoms with Gasteiger partial charge < -0.3 is 10.6 Å². The number of carbonyl (C=O) groups is 3. The number of nitrogens with zero attached hydrogens (tertiary/aromatic N) is 1. The predicted octanol–water partition coefficient (Wildman–Crippen LogP) is 4.58. The van der Waals surface area contributed by atoms with Crippen LogP contribution >= 0.6 is 0 Å². The van der Waals surface area contributed by atoms with Crippen LogP contribution in [0.15, 0.2) is 24.3 Å². The molecule has 4 saturated carbocycles. The van der Waals surface area contributed by atoms with E-state index < -0.39 is 6.03 Å². The van der Waals surface area contributed by atoms with E-state index in [1.807, 2.05) is 18.2 Å². The van der Waals surface area contributed by atoms with E-state index in [0.717, 1.165) is 43.6 Å². The summed E-state index contributed by atoms with van der Waals surface area (Å²) in [6.45, 7) is 1.46. The molecule has 1 aliphatic heterocycles. The van der Waals surface area contributed by atoms with Gasteiger partial charge in [0.2, 0.25) is 11.8 Å². The first-order valence-electron chi connectivity index (χ1n) is 13.2. The summed E-state index contributed by atoms with van der Waals surface area (Å²) in [6, 6.07) is 6.81. The van der Waals surface area contributed by atoms with Gasteiger partial charge in [-0.2, -0.15) is 0 Å². The third-order valence-corrected chi connectivity index (χ3v) is 8.36. The third kappa shape index (κ3) is 5.45. The van der Waals surface area contributed by atoms with E-state index in [0.29, 0.717) is 29.9 Å². The standard InChI is InChI=1S/C27H38N4O3/c32-24(29-22-6-5-7-23(15-22)31-11-9-25(33)30-26(31)34)8-3-1-2-4-10-28-27-16-19-12-20(17-27)14-21(13-19)18-27/h5-7,15,19-21,28H,1-4,8-14,16-18H2,(H,29,32)(H,30,33,34). The van der Waals surface area contributed by atoms with Crippen LogP contribution < -0.4 is 20.9 Å². The van der Waals surface area contributed by atoms with Crippen LogP contribution in [0.1, 0.15) is 77.0 Å². The lowest BCUT2D eigenvalue weighted by atomic mass is 9.53. The van der Waals surface area contributed by atoms with Gasteiger partial charge in [-0.3, -0.25) is 19.8 Å². The molecule has 0 aromatic heterocycles. The minimum atomic E-state index is -0.419. The predicted molar refractivity (Wildman–Crippen MR) is 133 cm³/mol. The van der Waals surface area contributed by atoms with Crippen LogP contribution in [0.25, 0.3) is 0 Å². The zero-order valence-electron chi connectivity index (χ0n) is 20.1. The Labute approximate surface area is 202 Å². The quantitative estimate of drug-likeness (QED) is 0.440. The molecule has 0 radical (unpaired) electrons. The molecular weight excluding hydrogens is 428 g/mol. The fourth-order valence-corrected chi connectivity index (χ4v) is 7.23.